The highest BCUT2D eigenvalue weighted by molar-refractivity contribution is 6.32. The summed E-state index contributed by atoms with van der Waals surface area (Å²) in [6.45, 7) is 4.03. The summed E-state index contributed by atoms with van der Waals surface area (Å²) in [4.78, 5) is 30.1. The predicted molar refractivity (Wildman–Crippen MR) is 134 cm³/mol. The van der Waals surface area contributed by atoms with E-state index in [2.05, 4.69) is 24.3 Å². The van der Waals surface area contributed by atoms with Crippen LogP contribution in [-0.4, -0.2) is 11.8 Å². The molecule has 2 aliphatic rings. The number of hydrogen-bond donors (Lipinski definition) is 0. The molecule has 0 bridgehead atoms. The average molecular weight is 444 g/mol. The molecule has 1 aliphatic heterocycles. The summed E-state index contributed by atoms with van der Waals surface area (Å²) in [5.74, 6) is -0.800. The van der Waals surface area contributed by atoms with Gasteiger partial charge in [-0.15, -0.1) is 0 Å². The molecule has 0 aromatic heterocycles. The van der Waals surface area contributed by atoms with Gasteiger partial charge in [0.05, 0.1) is 17.0 Å². The highest BCUT2D eigenvalue weighted by Crippen LogP contribution is 2.77. The van der Waals surface area contributed by atoms with Gasteiger partial charge in [-0.1, -0.05) is 108 Å². The number of piperidine rings is 1. The molecule has 4 aromatic carbocycles. The molecule has 6 rings (SSSR count). The zero-order valence-corrected chi connectivity index (χ0v) is 19.2. The second-order valence-corrected chi connectivity index (χ2v) is 9.46. The SMILES string of the molecule is Cc1ccc(N2C(=O)[C@H]3C(c4ccccc4)(c4ccccc4)[C@]3(c3ccc(C)cc3)C2=O)cc1. The van der Waals surface area contributed by atoms with Gasteiger partial charge in [-0.3, -0.25) is 9.59 Å². The molecule has 1 saturated heterocycles. The van der Waals surface area contributed by atoms with E-state index >= 15 is 0 Å². The number of rotatable bonds is 4. The zero-order valence-electron chi connectivity index (χ0n) is 19.2. The molecule has 1 heterocycles. The first-order valence-corrected chi connectivity index (χ1v) is 11.7. The third-order valence-corrected chi connectivity index (χ3v) is 7.67. The molecule has 3 nitrogen and oxygen atoms in total. The smallest absolute Gasteiger partial charge is 0.246 e. The zero-order chi connectivity index (χ0) is 23.5. The molecular weight excluding hydrogens is 418 g/mol. The minimum atomic E-state index is -0.995. The maximum atomic E-state index is 14.5. The van der Waals surface area contributed by atoms with Crippen molar-refractivity contribution in [3.05, 3.63) is 137 Å². The fourth-order valence-electron chi connectivity index (χ4n) is 6.17. The van der Waals surface area contributed by atoms with Crippen molar-refractivity contribution < 1.29 is 9.59 Å². The van der Waals surface area contributed by atoms with Crippen molar-refractivity contribution in [1.29, 1.82) is 0 Å². The number of fused-ring (bicyclic) bond motifs is 1. The van der Waals surface area contributed by atoms with Crippen molar-refractivity contribution >= 4 is 17.5 Å². The standard InChI is InChI=1S/C31H25NO2/c1-21-13-17-25(18-14-21)31-27(28(33)32(29(31)34)26-19-15-22(2)16-20-26)30(31,23-9-5-3-6-10-23)24-11-7-4-8-12-24/h3-20,27H,1-2H3/t27-,31-/m0/s1. The second kappa shape index (κ2) is 7.26. The van der Waals surface area contributed by atoms with E-state index in [0.29, 0.717) is 5.69 Å². The summed E-state index contributed by atoms with van der Waals surface area (Å²) in [7, 11) is 0. The summed E-state index contributed by atoms with van der Waals surface area (Å²) >= 11 is 0. The first-order valence-electron chi connectivity index (χ1n) is 11.7. The molecule has 3 heteroatoms. The lowest BCUT2D eigenvalue weighted by Crippen LogP contribution is -2.44. The topological polar surface area (TPSA) is 37.4 Å². The highest BCUT2D eigenvalue weighted by Gasteiger charge is 2.89. The van der Waals surface area contributed by atoms with E-state index in [0.717, 1.165) is 27.8 Å². The van der Waals surface area contributed by atoms with Crippen molar-refractivity contribution in [2.24, 2.45) is 5.92 Å². The van der Waals surface area contributed by atoms with E-state index in [9.17, 15) is 9.59 Å². The summed E-state index contributed by atoms with van der Waals surface area (Å²) < 4.78 is 0. The van der Waals surface area contributed by atoms with E-state index < -0.39 is 16.7 Å². The predicted octanol–water partition coefficient (Wildman–Crippen LogP) is 5.73. The van der Waals surface area contributed by atoms with Gasteiger partial charge in [0.25, 0.3) is 0 Å². The minimum absolute atomic E-state index is 0.137. The van der Waals surface area contributed by atoms with Crippen molar-refractivity contribution in [2.75, 3.05) is 4.90 Å². The summed E-state index contributed by atoms with van der Waals surface area (Å²) in [6, 6.07) is 35.9. The van der Waals surface area contributed by atoms with Gasteiger partial charge in [-0.2, -0.15) is 0 Å². The number of nitrogens with zero attached hydrogens (tertiary/aromatic N) is 1. The molecule has 2 fully saturated rings. The minimum Gasteiger partial charge on any atom is -0.274 e. The highest BCUT2D eigenvalue weighted by atomic mass is 16.2. The van der Waals surface area contributed by atoms with Crippen LogP contribution in [0.4, 0.5) is 5.69 Å². The fraction of sp³-hybridized carbons (Fsp3) is 0.161. The Morgan fingerprint density at radius 1 is 0.559 bits per heavy atom. The van der Waals surface area contributed by atoms with Crippen LogP contribution in [-0.2, 0) is 20.4 Å². The number of carbonyl (C=O) groups excluding carboxylic acids is 2. The van der Waals surface area contributed by atoms with Crippen LogP contribution in [0.3, 0.4) is 0 Å². The molecule has 1 saturated carbocycles. The largest absolute Gasteiger partial charge is 0.274 e. The first kappa shape index (κ1) is 20.6. The summed E-state index contributed by atoms with van der Waals surface area (Å²) in [5.41, 5.74) is 3.98. The van der Waals surface area contributed by atoms with E-state index in [1.807, 2.05) is 98.8 Å². The lowest BCUT2D eigenvalue weighted by molar-refractivity contribution is -0.124. The van der Waals surface area contributed by atoms with Crippen LogP contribution in [0, 0.1) is 19.8 Å². The average Bonchev–Trinajstić information content (AvgIpc) is 3.46. The molecule has 34 heavy (non-hydrogen) atoms. The Kier molecular flexibility index (Phi) is 4.40. The van der Waals surface area contributed by atoms with Crippen molar-refractivity contribution in [3.63, 3.8) is 0 Å². The number of anilines is 1. The van der Waals surface area contributed by atoms with Gasteiger partial charge in [0.15, 0.2) is 0 Å². The van der Waals surface area contributed by atoms with Crippen molar-refractivity contribution in [1.82, 2.24) is 0 Å². The van der Waals surface area contributed by atoms with Crippen LogP contribution in [0.5, 0.6) is 0 Å². The Hall–Kier alpha value is -3.98. The Morgan fingerprint density at radius 2 is 1.00 bits per heavy atom. The Balaban J connectivity index is 1.64. The molecular formula is C31H25NO2. The van der Waals surface area contributed by atoms with Gasteiger partial charge in [0.2, 0.25) is 11.8 Å². The second-order valence-electron chi connectivity index (χ2n) is 9.46. The summed E-state index contributed by atoms with van der Waals surface area (Å²) in [6.07, 6.45) is 0. The van der Waals surface area contributed by atoms with Crippen molar-refractivity contribution in [2.45, 2.75) is 24.7 Å². The van der Waals surface area contributed by atoms with Crippen LogP contribution in [0.1, 0.15) is 27.8 Å². The van der Waals surface area contributed by atoms with Crippen LogP contribution in [0.15, 0.2) is 109 Å². The van der Waals surface area contributed by atoms with Crippen LogP contribution in [0.2, 0.25) is 0 Å². The van der Waals surface area contributed by atoms with Gasteiger partial charge < -0.3 is 0 Å². The van der Waals surface area contributed by atoms with Gasteiger partial charge >= 0.3 is 0 Å². The number of hydrogen-bond acceptors (Lipinski definition) is 2. The number of amides is 2. The molecule has 1 aliphatic carbocycles. The lowest BCUT2D eigenvalue weighted by atomic mass is 9.75. The molecule has 2 amide bonds. The number of imide groups is 1. The third-order valence-electron chi connectivity index (χ3n) is 7.67. The maximum absolute atomic E-state index is 14.5. The van der Waals surface area contributed by atoms with Crippen LogP contribution >= 0.6 is 0 Å². The fourth-order valence-corrected chi connectivity index (χ4v) is 6.17. The number of benzene rings is 4. The Morgan fingerprint density at radius 3 is 1.50 bits per heavy atom. The molecule has 0 unspecified atom stereocenters. The Bertz CT molecular complexity index is 1350. The van der Waals surface area contributed by atoms with Gasteiger partial charge in [0, 0.05) is 0 Å². The molecule has 0 radical (unpaired) electrons. The quantitative estimate of drug-likeness (QED) is 0.378. The Labute approximate surface area is 199 Å². The number of aryl methyl sites for hydroxylation is 2. The summed E-state index contributed by atoms with van der Waals surface area (Å²) in [5, 5.41) is 0. The molecule has 0 spiro atoms. The van der Waals surface area contributed by atoms with E-state index in [-0.39, 0.29) is 11.8 Å². The van der Waals surface area contributed by atoms with E-state index in [1.54, 1.807) is 0 Å². The molecule has 166 valence electrons. The van der Waals surface area contributed by atoms with E-state index in [1.165, 1.54) is 4.90 Å². The van der Waals surface area contributed by atoms with Gasteiger partial charge in [0.1, 0.15) is 5.41 Å². The van der Waals surface area contributed by atoms with Crippen LogP contribution in [0.25, 0.3) is 0 Å². The van der Waals surface area contributed by atoms with Crippen molar-refractivity contribution in [3.8, 4) is 0 Å². The third kappa shape index (κ3) is 2.47. The van der Waals surface area contributed by atoms with Crippen LogP contribution < -0.4 is 4.90 Å². The van der Waals surface area contributed by atoms with Gasteiger partial charge in [-0.25, -0.2) is 4.90 Å². The molecule has 4 aromatic rings. The monoisotopic (exact) mass is 443 g/mol. The lowest BCUT2D eigenvalue weighted by Gasteiger charge is -2.31. The molecule has 0 N–H and O–H groups in total. The normalized spacial score (nSPS) is 22.5. The molecule has 2 atom stereocenters. The van der Waals surface area contributed by atoms with E-state index in [4.69, 9.17) is 0 Å². The van der Waals surface area contributed by atoms with Gasteiger partial charge in [-0.05, 0) is 42.7 Å². The number of carbonyl (C=O) groups is 2. The first-order chi connectivity index (χ1) is 16.5. The maximum Gasteiger partial charge on any atom is 0.246 e.